The van der Waals surface area contributed by atoms with Crippen LogP contribution < -0.4 is 5.32 Å². The molecule has 0 aliphatic carbocycles. The van der Waals surface area contributed by atoms with E-state index in [2.05, 4.69) is 43.4 Å². The van der Waals surface area contributed by atoms with Crippen LogP contribution in [0.15, 0.2) is 24.3 Å². The molecule has 19 heavy (non-hydrogen) atoms. The Hall–Kier alpha value is -1.55. The molecule has 0 saturated heterocycles. The second-order valence-electron chi connectivity index (χ2n) is 5.23. The highest BCUT2D eigenvalue weighted by Crippen LogP contribution is 2.14. The van der Waals surface area contributed by atoms with E-state index in [0.717, 1.165) is 0 Å². The lowest BCUT2D eigenvalue weighted by atomic mass is 10.0. The predicted octanol–water partition coefficient (Wildman–Crippen LogP) is 2.12. The van der Waals surface area contributed by atoms with Gasteiger partial charge in [-0.05, 0) is 25.3 Å². The monoisotopic (exact) mass is 264 g/mol. The zero-order valence-corrected chi connectivity index (χ0v) is 12.2. The first kappa shape index (κ1) is 15.5. The molecule has 0 radical (unpaired) electrons. The highest BCUT2D eigenvalue weighted by atomic mass is 16.3. The van der Waals surface area contributed by atoms with Crippen LogP contribution in [0.3, 0.4) is 0 Å². The largest absolute Gasteiger partial charge is 0.392 e. The summed E-state index contributed by atoms with van der Waals surface area (Å²) in [6.07, 6.45) is -0.509. The number of benzene rings is 1. The minimum atomic E-state index is -0.509. The van der Waals surface area contributed by atoms with Gasteiger partial charge in [0, 0.05) is 20.1 Å². The average Bonchev–Trinajstić information content (AvgIpc) is 2.35. The van der Waals surface area contributed by atoms with Crippen molar-refractivity contribution >= 4 is 6.03 Å². The van der Waals surface area contributed by atoms with Gasteiger partial charge in [0.15, 0.2) is 0 Å². The maximum atomic E-state index is 11.8. The Balaban J connectivity index is 2.43. The van der Waals surface area contributed by atoms with Crippen molar-refractivity contribution in [2.24, 2.45) is 0 Å². The van der Waals surface area contributed by atoms with E-state index in [4.69, 9.17) is 0 Å². The summed E-state index contributed by atoms with van der Waals surface area (Å²) < 4.78 is 0. The molecule has 0 aliphatic rings. The van der Waals surface area contributed by atoms with E-state index in [0.29, 0.717) is 13.1 Å². The van der Waals surface area contributed by atoms with Gasteiger partial charge in [-0.25, -0.2) is 4.79 Å². The predicted molar refractivity (Wildman–Crippen MR) is 77.3 cm³/mol. The summed E-state index contributed by atoms with van der Waals surface area (Å²) >= 11 is 0. The van der Waals surface area contributed by atoms with Gasteiger partial charge in [0.25, 0.3) is 0 Å². The SMILES string of the molecule is Cc1ccc(C(C)CNC(=O)N(C)CC(C)O)cc1. The molecule has 0 heterocycles. The van der Waals surface area contributed by atoms with Gasteiger partial charge in [-0.15, -0.1) is 0 Å². The van der Waals surface area contributed by atoms with Crippen LogP contribution in [0.25, 0.3) is 0 Å². The number of nitrogens with one attached hydrogen (secondary N) is 1. The normalized spacial score (nSPS) is 13.7. The molecule has 0 saturated carbocycles. The third kappa shape index (κ3) is 5.30. The zero-order chi connectivity index (χ0) is 14.4. The number of aliphatic hydroxyl groups excluding tert-OH is 1. The first-order valence-corrected chi connectivity index (χ1v) is 6.63. The summed E-state index contributed by atoms with van der Waals surface area (Å²) in [4.78, 5) is 13.3. The number of aliphatic hydroxyl groups is 1. The molecule has 0 aliphatic heterocycles. The van der Waals surface area contributed by atoms with E-state index in [1.54, 1.807) is 14.0 Å². The number of amides is 2. The molecule has 2 unspecified atom stereocenters. The number of likely N-dealkylation sites (N-methyl/N-ethyl adjacent to an activating group) is 1. The second kappa shape index (κ2) is 7.14. The standard InChI is InChI=1S/C15H24N2O2/c1-11-5-7-14(8-6-11)12(2)9-16-15(19)17(4)10-13(3)18/h5-8,12-13,18H,9-10H2,1-4H3,(H,16,19). The number of nitrogens with zero attached hydrogens (tertiary/aromatic N) is 1. The maximum absolute atomic E-state index is 11.8. The molecule has 0 spiro atoms. The molecular weight excluding hydrogens is 240 g/mol. The maximum Gasteiger partial charge on any atom is 0.317 e. The molecule has 2 atom stereocenters. The minimum Gasteiger partial charge on any atom is -0.392 e. The van der Waals surface area contributed by atoms with Crippen LogP contribution in [0.4, 0.5) is 4.79 Å². The molecule has 0 bridgehead atoms. The van der Waals surface area contributed by atoms with Crippen molar-refractivity contribution < 1.29 is 9.90 Å². The van der Waals surface area contributed by atoms with Gasteiger partial charge in [0.05, 0.1) is 6.10 Å². The molecule has 2 N–H and O–H groups in total. The van der Waals surface area contributed by atoms with Gasteiger partial charge in [0.2, 0.25) is 0 Å². The molecule has 1 rings (SSSR count). The highest BCUT2D eigenvalue weighted by Gasteiger charge is 2.12. The Morgan fingerprint density at radius 1 is 1.32 bits per heavy atom. The van der Waals surface area contributed by atoms with Gasteiger partial charge in [-0.2, -0.15) is 0 Å². The van der Waals surface area contributed by atoms with E-state index >= 15 is 0 Å². The molecule has 4 nitrogen and oxygen atoms in total. The minimum absolute atomic E-state index is 0.153. The quantitative estimate of drug-likeness (QED) is 0.856. The third-order valence-electron chi connectivity index (χ3n) is 3.09. The van der Waals surface area contributed by atoms with Gasteiger partial charge < -0.3 is 15.3 Å². The molecule has 106 valence electrons. The first-order chi connectivity index (χ1) is 8.90. The van der Waals surface area contributed by atoms with Crippen molar-refractivity contribution in [2.45, 2.75) is 32.8 Å². The van der Waals surface area contributed by atoms with Crippen molar-refractivity contribution in [3.63, 3.8) is 0 Å². The summed E-state index contributed by atoms with van der Waals surface area (Å²) in [5.74, 6) is 0.268. The summed E-state index contributed by atoms with van der Waals surface area (Å²) in [7, 11) is 1.68. The first-order valence-electron chi connectivity index (χ1n) is 6.63. The zero-order valence-electron chi connectivity index (χ0n) is 12.2. The Kier molecular flexibility index (Phi) is 5.83. The van der Waals surface area contributed by atoms with Crippen LogP contribution in [0.1, 0.15) is 30.9 Å². The Morgan fingerprint density at radius 2 is 1.89 bits per heavy atom. The highest BCUT2D eigenvalue weighted by molar-refractivity contribution is 5.73. The molecule has 2 amide bonds. The molecule has 0 aromatic heterocycles. The second-order valence-corrected chi connectivity index (χ2v) is 5.23. The van der Waals surface area contributed by atoms with Crippen molar-refractivity contribution in [1.29, 1.82) is 0 Å². The third-order valence-corrected chi connectivity index (χ3v) is 3.09. The van der Waals surface area contributed by atoms with E-state index in [9.17, 15) is 9.90 Å². The van der Waals surface area contributed by atoms with Crippen LogP contribution in [0.2, 0.25) is 0 Å². The molecular formula is C15H24N2O2. The van der Waals surface area contributed by atoms with Crippen molar-refractivity contribution in [2.75, 3.05) is 20.1 Å². The number of hydrogen-bond donors (Lipinski definition) is 2. The fraction of sp³-hybridized carbons (Fsp3) is 0.533. The van der Waals surface area contributed by atoms with Crippen LogP contribution in [0, 0.1) is 6.92 Å². The summed E-state index contributed by atoms with van der Waals surface area (Å²) in [5, 5.41) is 12.1. The van der Waals surface area contributed by atoms with Gasteiger partial charge >= 0.3 is 6.03 Å². The number of carbonyl (C=O) groups is 1. The molecule has 0 fully saturated rings. The average molecular weight is 264 g/mol. The number of urea groups is 1. The summed E-state index contributed by atoms with van der Waals surface area (Å²) in [6.45, 7) is 6.73. The smallest absolute Gasteiger partial charge is 0.317 e. The Morgan fingerprint density at radius 3 is 2.42 bits per heavy atom. The van der Waals surface area contributed by atoms with Gasteiger partial charge in [-0.3, -0.25) is 0 Å². The lowest BCUT2D eigenvalue weighted by molar-refractivity contribution is 0.144. The Labute approximate surface area is 115 Å². The summed E-state index contributed by atoms with van der Waals surface area (Å²) in [6, 6.07) is 8.18. The lowest BCUT2D eigenvalue weighted by Crippen LogP contribution is -2.41. The lowest BCUT2D eigenvalue weighted by Gasteiger charge is -2.21. The number of carbonyl (C=O) groups excluding carboxylic acids is 1. The van der Waals surface area contributed by atoms with E-state index in [1.807, 2.05) is 0 Å². The van der Waals surface area contributed by atoms with Crippen LogP contribution >= 0.6 is 0 Å². The number of aryl methyl sites for hydroxylation is 1. The fourth-order valence-electron chi connectivity index (χ4n) is 1.87. The van der Waals surface area contributed by atoms with E-state index in [1.165, 1.54) is 16.0 Å². The fourth-order valence-corrected chi connectivity index (χ4v) is 1.87. The molecule has 1 aromatic carbocycles. The Bertz CT molecular complexity index is 401. The van der Waals surface area contributed by atoms with Crippen molar-refractivity contribution in [3.8, 4) is 0 Å². The van der Waals surface area contributed by atoms with Crippen LogP contribution in [-0.2, 0) is 0 Å². The van der Waals surface area contributed by atoms with Crippen LogP contribution in [-0.4, -0.2) is 42.3 Å². The topological polar surface area (TPSA) is 52.6 Å². The van der Waals surface area contributed by atoms with Crippen molar-refractivity contribution in [3.05, 3.63) is 35.4 Å². The number of rotatable bonds is 5. The van der Waals surface area contributed by atoms with Gasteiger partial charge in [-0.1, -0.05) is 36.8 Å². The van der Waals surface area contributed by atoms with Gasteiger partial charge in [0.1, 0.15) is 0 Å². The number of hydrogen-bond acceptors (Lipinski definition) is 2. The van der Waals surface area contributed by atoms with Crippen LogP contribution in [0.5, 0.6) is 0 Å². The van der Waals surface area contributed by atoms with E-state index in [-0.39, 0.29) is 11.9 Å². The molecule has 1 aromatic rings. The summed E-state index contributed by atoms with van der Waals surface area (Å²) in [5.41, 5.74) is 2.45. The van der Waals surface area contributed by atoms with Crippen molar-refractivity contribution in [1.82, 2.24) is 10.2 Å². The molecule has 4 heteroatoms. The van der Waals surface area contributed by atoms with E-state index < -0.39 is 6.10 Å².